The summed E-state index contributed by atoms with van der Waals surface area (Å²) in [4.78, 5) is 2.19. The number of rotatable bonds is 12. The minimum Gasteiger partial charge on any atom is -0.497 e. The Kier molecular flexibility index (Phi) is 11.5. The number of hydrogen-bond donors (Lipinski definition) is 3. The zero-order valence-electron chi connectivity index (χ0n) is 29.7. The minimum absolute atomic E-state index is 0.384. The van der Waals surface area contributed by atoms with Crippen molar-refractivity contribution in [3.8, 4) is 17.2 Å². The lowest BCUT2D eigenvalue weighted by molar-refractivity contribution is 0.173. The highest BCUT2D eigenvalue weighted by atomic mass is 16.5. The Morgan fingerprint density at radius 1 is 0.457 bits per heavy atom. The molecule has 10 nitrogen and oxygen atoms in total. The van der Waals surface area contributed by atoms with Gasteiger partial charge in [0.25, 0.3) is 0 Å². The molecule has 0 radical (unpaired) electrons. The van der Waals surface area contributed by atoms with Gasteiger partial charge in [0, 0.05) is 19.6 Å². The zero-order valence-corrected chi connectivity index (χ0v) is 29.7. The molecule has 0 aromatic heterocycles. The van der Waals surface area contributed by atoms with Crippen molar-refractivity contribution < 1.29 is 29.8 Å². The van der Waals surface area contributed by atoms with E-state index in [0.717, 1.165) is 16.7 Å². The van der Waals surface area contributed by atoms with Crippen LogP contribution in [0.1, 0.15) is 79.0 Å². The smallest absolute Gasteiger partial charge is 0.119 e. The molecule has 0 unspecified atom stereocenters. The highest BCUT2D eigenvalue weighted by molar-refractivity contribution is 5.59. The monoisotopic (exact) mass is 638 g/mol. The first-order valence-electron chi connectivity index (χ1n) is 15.5. The average Bonchev–Trinajstić information content (AvgIpc) is 2.98. The van der Waals surface area contributed by atoms with Crippen molar-refractivity contribution >= 4 is 17.1 Å². The zero-order chi connectivity index (χ0) is 34.6. The van der Waals surface area contributed by atoms with Crippen LogP contribution in [0.15, 0.2) is 54.6 Å². The summed E-state index contributed by atoms with van der Waals surface area (Å²) in [6.07, 6.45) is 0. The fourth-order valence-electron chi connectivity index (χ4n) is 5.04. The van der Waals surface area contributed by atoms with Crippen molar-refractivity contribution in [1.29, 1.82) is 0 Å². The quantitative estimate of drug-likeness (QED) is 0.170. The number of nitrogens with zero attached hydrogens (tertiary/aromatic N) is 4. The molecule has 0 amide bonds. The molecule has 0 fully saturated rings. The SMILES string of the molecule is COc1ccc(N(O)C(C)(C)C)c(CN(Cc2cc(OC)ccc2N(O)C(C)(C)C)Cc2cc(OC)ccc2N(O)C(C)(C)C)c1. The fraction of sp³-hybridized carbons (Fsp3) is 0.500. The molecule has 0 heterocycles. The van der Waals surface area contributed by atoms with Crippen LogP contribution in [0.5, 0.6) is 17.2 Å². The Bertz CT molecular complexity index is 1280. The summed E-state index contributed by atoms with van der Waals surface area (Å²) in [5.74, 6) is 1.98. The van der Waals surface area contributed by atoms with Gasteiger partial charge in [0.05, 0.1) is 55.0 Å². The van der Waals surface area contributed by atoms with E-state index in [0.29, 0.717) is 53.9 Å². The molecule has 0 aliphatic carbocycles. The largest absolute Gasteiger partial charge is 0.497 e. The van der Waals surface area contributed by atoms with Gasteiger partial charge in [0.1, 0.15) is 17.2 Å². The summed E-state index contributed by atoms with van der Waals surface area (Å²) >= 11 is 0. The number of hydrogen-bond acceptors (Lipinski definition) is 10. The predicted molar refractivity (Wildman–Crippen MR) is 184 cm³/mol. The van der Waals surface area contributed by atoms with Crippen molar-refractivity contribution in [3.63, 3.8) is 0 Å². The van der Waals surface area contributed by atoms with E-state index in [-0.39, 0.29) is 0 Å². The van der Waals surface area contributed by atoms with Gasteiger partial charge in [-0.1, -0.05) is 0 Å². The van der Waals surface area contributed by atoms with Crippen LogP contribution >= 0.6 is 0 Å². The molecular weight excluding hydrogens is 584 g/mol. The first kappa shape index (κ1) is 36.8. The Hall–Kier alpha value is -3.70. The normalized spacial score (nSPS) is 12.3. The molecule has 10 heteroatoms. The molecule has 0 aliphatic rings. The van der Waals surface area contributed by atoms with E-state index in [2.05, 4.69) is 4.90 Å². The predicted octanol–water partition coefficient (Wildman–Crippen LogP) is 7.90. The van der Waals surface area contributed by atoms with Crippen molar-refractivity contribution in [3.05, 3.63) is 71.3 Å². The maximum absolute atomic E-state index is 11.3. The number of benzene rings is 3. The van der Waals surface area contributed by atoms with Gasteiger partial charge in [0.15, 0.2) is 0 Å². The standard InChI is InChI=1S/C36H54N4O6/c1-34(2,3)38(41)31-16-13-28(44-10)19-25(31)22-37(23-26-20-29(45-11)14-17-32(26)39(42)35(4,5)6)24-27-21-30(46-12)15-18-33(27)40(43)36(7,8)9/h13-21,41-43H,22-24H2,1-12H3. The Balaban J connectivity index is 2.25. The molecule has 3 aromatic carbocycles. The highest BCUT2D eigenvalue weighted by Gasteiger charge is 2.28. The van der Waals surface area contributed by atoms with Crippen LogP contribution in [0, 0.1) is 0 Å². The van der Waals surface area contributed by atoms with Gasteiger partial charge in [-0.05, 0) is 134 Å². The van der Waals surface area contributed by atoms with Crippen LogP contribution in [0.2, 0.25) is 0 Å². The molecule has 0 atom stereocenters. The molecular formula is C36H54N4O6. The van der Waals surface area contributed by atoms with Gasteiger partial charge in [0.2, 0.25) is 0 Å². The lowest BCUT2D eigenvalue weighted by atomic mass is 10.0. The molecule has 0 saturated carbocycles. The molecule has 3 rings (SSSR count). The number of methoxy groups -OCH3 is 3. The van der Waals surface area contributed by atoms with Crippen LogP contribution < -0.4 is 29.4 Å². The lowest BCUT2D eigenvalue weighted by Crippen LogP contribution is -2.40. The van der Waals surface area contributed by atoms with E-state index in [1.165, 1.54) is 15.2 Å². The second-order valence-electron chi connectivity index (χ2n) is 14.6. The Morgan fingerprint density at radius 3 is 0.891 bits per heavy atom. The number of ether oxygens (including phenoxy) is 3. The van der Waals surface area contributed by atoms with Crippen molar-refractivity contribution in [2.45, 2.75) is 98.6 Å². The van der Waals surface area contributed by atoms with E-state index in [1.54, 1.807) is 21.3 Å². The summed E-state index contributed by atoms with van der Waals surface area (Å²) in [6.45, 7) is 18.6. The molecule has 3 N–H and O–H groups in total. The third-order valence-corrected chi connectivity index (χ3v) is 7.63. The van der Waals surface area contributed by atoms with Crippen molar-refractivity contribution in [2.75, 3.05) is 36.5 Å². The molecule has 46 heavy (non-hydrogen) atoms. The van der Waals surface area contributed by atoms with E-state index >= 15 is 0 Å². The third kappa shape index (κ3) is 8.97. The van der Waals surface area contributed by atoms with Crippen LogP contribution in [0.3, 0.4) is 0 Å². The van der Waals surface area contributed by atoms with Gasteiger partial charge in [-0.3, -0.25) is 35.7 Å². The average molecular weight is 639 g/mol. The molecule has 3 aromatic rings. The molecule has 254 valence electrons. The maximum atomic E-state index is 11.3. The second-order valence-corrected chi connectivity index (χ2v) is 14.6. The minimum atomic E-state index is -0.567. The van der Waals surface area contributed by atoms with Gasteiger partial charge in [-0.15, -0.1) is 0 Å². The lowest BCUT2D eigenvalue weighted by Gasteiger charge is -2.36. The summed E-state index contributed by atoms with van der Waals surface area (Å²) < 4.78 is 16.8. The summed E-state index contributed by atoms with van der Waals surface area (Å²) in [7, 11) is 4.85. The molecule has 0 spiro atoms. The molecule has 0 bridgehead atoms. The summed E-state index contributed by atoms with van der Waals surface area (Å²) in [5.41, 5.74) is 2.73. The van der Waals surface area contributed by atoms with Crippen molar-refractivity contribution in [2.24, 2.45) is 0 Å². The van der Waals surface area contributed by atoms with Crippen LogP contribution in [0.25, 0.3) is 0 Å². The first-order chi connectivity index (χ1) is 21.3. The highest BCUT2D eigenvalue weighted by Crippen LogP contribution is 2.36. The number of anilines is 3. The Morgan fingerprint density at radius 2 is 0.696 bits per heavy atom. The molecule has 0 aliphatic heterocycles. The van der Waals surface area contributed by atoms with Crippen LogP contribution in [-0.2, 0) is 19.6 Å². The second kappa shape index (κ2) is 14.4. The van der Waals surface area contributed by atoms with E-state index in [9.17, 15) is 15.6 Å². The summed E-state index contributed by atoms with van der Waals surface area (Å²) in [5, 5.41) is 37.7. The topological polar surface area (TPSA) is 101 Å². The first-order valence-corrected chi connectivity index (χ1v) is 15.5. The van der Waals surface area contributed by atoms with Gasteiger partial charge >= 0.3 is 0 Å². The van der Waals surface area contributed by atoms with Crippen LogP contribution in [0.4, 0.5) is 17.1 Å². The van der Waals surface area contributed by atoms with E-state index in [4.69, 9.17) is 14.2 Å². The van der Waals surface area contributed by atoms with Gasteiger partial charge in [-0.2, -0.15) is 0 Å². The van der Waals surface area contributed by atoms with Crippen molar-refractivity contribution in [1.82, 2.24) is 4.90 Å². The maximum Gasteiger partial charge on any atom is 0.119 e. The summed E-state index contributed by atoms with van der Waals surface area (Å²) in [6, 6.07) is 16.8. The van der Waals surface area contributed by atoms with Gasteiger partial charge in [-0.25, -0.2) is 0 Å². The molecule has 0 saturated heterocycles. The fourth-order valence-corrected chi connectivity index (χ4v) is 5.04. The Labute approximate surface area is 275 Å². The number of hydroxylamine groups is 3. The van der Waals surface area contributed by atoms with E-state index < -0.39 is 16.6 Å². The van der Waals surface area contributed by atoms with E-state index in [1.807, 2.05) is 117 Å². The van der Waals surface area contributed by atoms with Gasteiger partial charge < -0.3 is 14.2 Å². The third-order valence-electron chi connectivity index (χ3n) is 7.63. The van der Waals surface area contributed by atoms with Crippen LogP contribution in [-0.4, -0.2) is 58.5 Å².